The summed E-state index contributed by atoms with van der Waals surface area (Å²) in [7, 11) is 0. The largest absolute Gasteiger partial charge is 0.445 e. The molecule has 3 amide bonds. The fraction of sp³-hybridized carbons (Fsp3) is 0.264. The zero-order chi connectivity index (χ0) is 71.1. The molecule has 0 spiro atoms. The van der Waals surface area contributed by atoms with Gasteiger partial charge in [0.2, 0.25) is 0 Å². The summed E-state index contributed by atoms with van der Waals surface area (Å²) in [5.74, 6) is 0.791. The van der Waals surface area contributed by atoms with Crippen molar-refractivity contribution in [1.29, 1.82) is 0 Å². The van der Waals surface area contributed by atoms with Gasteiger partial charge in [0, 0.05) is 80.9 Å². The molecule has 10 aromatic rings. The minimum absolute atomic E-state index is 0.206. The Morgan fingerprint density at radius 3 is 1.11 bits per heavy atom. The second kappa shape index (κ2) is 33.0. The number of piperidine rings is 1. The molecule has 3 aromatic carbocycles. The van der Waals surface area contributed by atoms with E-state index >= 15 is 0 Å². The summed E-state index contributed by atoms with van der Waals surface area (Å²) in [5.41, 5.74) is 15.9. The predicted octanol–water partition coefficient (Wildman–Crippen LogP) is 18.0. The first-order valence-corrected chi connectivity index (χ1v) is 36.0. The number of fused-ring (bicyclic) bond motifs is 3. The average molecular weight is 1560 g/mol. The lowest BCUT2D eigenvalue weighted by Crippen LogP contribution is -2.45. The van der Waals surface area contributed by atoms with Gasteiger partial charge in [-0.3, -0.25) is 30.2 Å². The molecule has 0 saturated carbocycles. The van der Waals surface area contributed by atoms with E-state index < -0.39 is 0 Å². The standard InChI is InChI=1S/C25H19Cl3N4O3.C24H23Cl3N4O3.C23H21Cl3N4O3/c1-14(20-4-2-3-9-29-20)30-25(33)23-18-13-34-12-15(10-17-6-8-22(28)35-17)24(18)32(31-23)21-7-5-16(26)11-19(21)27;25-16-5-7-20(19(26)12-16)31-23-15(11-17-6-8-21(27)34-17)13-33-14-18(23)22(28-31)24(32)29-30-9-3-1-2-4-10-30;24-15-4-6-19(18(25)11-15)30-22-14(10-16-5-7-20(26)33-16)12-32-13-17(22)21(27-30)23(31)28-29-8-2-1-3-9-29/h2-11,14H,12-13H2,1H3,(H,30,33);5-8,11-12H,1-4,9-10,13-14H2,(H,29,32);4-7,10-11H,1-3,8-9,12-13H2,(H,28,31)/b15-10+;15-11+;14-10+/t14-;;/m1../s1. The van der Waals surface area contributed by atoms with Crippen LogP contribution in [0.2, 0.25) is 45.8 Å². The third kappa shape index (κ3) is 16.9. The van der Waals surface area contributed by atoms with Crippen LogP contribution in [0.25, 0.3) is 52.0 Å². The Morgan fingerprint density at radius 2 is 0.784 bits per heavy atom. The van der Waals surface area contributed by atoms with Gasteiger partial charge in [-0.15, -0.1) is 0 Å². The average Bonchev–Trinajstić information content (AvgIpc) is 1.61. The van der Waals surface area contributed by atoms with E-state index in [0.29, 0.717) is 111 Å². The molecule has 21 nitrogen and oxygen atoms in total. The van der Waals surface area contributed by atoms with Crippen LogP contribution >= 0.6 is 104 Å². The molecule has 0 bridgehead atoms. The van der Waals surface area contributed by atoms with Gasteiger partial charge in [-0.05, 0) is 189 Å². The highest BCUT2D eigenvalue weighted by atomic mass is 35.5. The normalized spacial score (nSPS) is 17.0. The van der Waals surface area contributed by atoms with Crippen molar-refractivity contribution in [3.8, 4) is 17.1 Å². The Labute approximate surface area is 630 Å². The molecule has 5 aliphatic rings. The predicted molar refractivity (Wildman–Crippen MR) is 395 cm³/mol. The molecule has 2 saturated heterocycles. The van der Waals surface area contributed by atoms with Crippen LogP contribution in [0, 0.1) is 0 Å². The molecule has 0 radical (unpaired) electrons. The molecule has 7 aromatic heterocycles. The molecule has 0 unspecified atom stereocenters. The molecular formula is C72H63Cl9N12O9. The number of rotatable bonds is 13. The molecule has 5 aliphatic heterocycles. The maximum Gasteiger partial charge on any atom is 0.286 e. The van der Waals surface area contributed by atoms with Crippen molar-refractivity contribution in [3.63, 3.8) is 0 Å². The lowest BCUT2D eigenvalue weighted by atomic mass is 10.0. The Balaban J connectivity index is 0.000000137. The molecule has 3 N–H and O–H groups in total. The van der Waals surface area contributed by atoms with Gasteiger partial charge < -0.3 is 32.8 Å². The van der Waals surface area contributed by atoms with Crippen LogP contribution in [0.4, 0.5) is 0 Å². The van der Waals surface area contributed by atoms with E-state index in [1.807, 2.05) is 53.4 Å². The molecule has 1 atom stereocenters. The van der Waals surface area contributed by atoms with Crippen LogP contribution in [0.15, 0.2) is 129 Å². The third-order valence-electron chi connectivity index (χ3n) is 17.1. The zero-order valence-corrected chi connectivity index (χ0v) is 61.2. The lowest BCUT2D eigenvalue weighted by molar-refractivity contribution is 0.0736. The summed E-state index contributed by atoms with van der Waals surface area (Å²) >= 11 is 55.8. The number of hydrazine groups is 2. The number of nitrogens with one attached hydrogen (secondary N) is 3. The van der Waals surface area contributed by atoms with E-state index in [9.17, 15) is 14.4 Å². The molecule has 30 heteroatoms. The van der Waals surface area contributed by atoms with Gasteiger partial charge in [-0.2, -0.15) is 15.3 Å². The second-order valence-corrected chi connectivity index (χ2v) is 27.9. The minimum atomic E-state index is -0.353. The SMILES string of the molecule is C[C@@H](NC(=O)c1nn(-c2ccc(Cl)cc2Cl)c2c1COC/C2=C\c1ccc(Cl)o1)c1ccccn1.O=C(NN1CCCCC1)c1nn(-c2ccc(Cl)cc2Cl)c2c1COC/C2=C\c1ccc(Cl)o1.O=C(NN1CCCCCC1)c1nn(-c2ccc(Cl)cc2Cl)c2c1COC/C2=C\c1ccc(Cl)o1. The number of nitrogens with zero attached hydrogens (tertiary/aromatic N) is 9. The van der Waals surface area contributed by atoms with E-state index in [-0.39, 0.29) is 71.5 Å². The van der Waals surface area contributed by atoms with Crippen LogP contribution in [-0.4, -0.2) is 108 Å². The number of hydrogen-bond donors (Lipinski definition) is 3. The summed E-state index contributed by atoms with van der Waals surface area (Å²) < 4.78 is 39.1. The maximum absolute atomic E-state index is 13.4. The van der Waals surface area contributed by atoms with E-state index in [1.54, 1.807) is 111 Å². The number of benzene rings is 3. The highest BCUT2D eigenvalue weighted by Gasteiger charge is 2.35. The van der Waals surface area contributed by atoms with Crippen LogP contribution in [0.1, 0.15) is 146 Å². The Kier molecular flexibility index (Phi) is 23.5. The zero-order valence-electron chi connectivity index (χ0n) is 54.4. The summed E-state index contributed by atoms with van der Waals surface area (Å²) in [5, 5.41) is 24.6. The number of carbonyl (C=O) groups is 3. The first-order valence-electron chi connectivity index (χ1n) is 32.6. The van der Waals surface area contributed by atoms with Crippen molar-refractivity contribution in [1.82, 2.24) is 60.5 Å². The third-order valence-corrected chi connectivity index (χ3v) is 19.3. The highest BCUT2D eigenvalue weighted by molar-refractivity contribution is 6.37. The summed E-state index contributed by atoms with van der Waals surface area (Å²) in [6.45, 7) is 6.76. The van der Waals surface area contributed by atoms with Crippen LogP contribution in [0.5, 0.6) is 0 Å². The number of aromatic nitrogens is 7. The summed E-state index contributed by atoms with van der Waals surface area (Å²) in [4.78, 5) is 44.3. The van der Waals surface area contributed by atoms with Crippen molar-refractivity contribution in [3.05, 3.63) is 235 Å². The van der Waals surface area contributed by atoms with Crippen molar-refractivity contribution < 1.29 is 41.8 Å². The van der Waals surface area contributed by atoms with E-state index in [2.05, 4.69) is 31.3 Å². The van der Waals surface area contributed by atoms with Gasteiger partial charge in [0.05, 0.1) is 101 Å². The number of carbonyl (C=O) groups excluding carboxylic acids is 3. The molecule has 12 heterocycles. The number of hydrogen-bond acceptors (Lipinski definition) is 15. The van der Waals surface area contributed by atoms with Gasteiger partial charge in [0.15, 0.2) is 32.7 Å². The first-order chi connectivity index (χ1) is 49.4. The Morgan fingerprint density at radius 1 is 0.431 bits per heavy atom. The van der Waals surface area contributed by atoms with Crippen LogP contribution in [-0.2, 0) is 34.0 Å². The number of ether oxygens (including phenoxy) is 3. The van der Waals surface area contributed by atoms with Crippen molar-refractivity contribution in [2.75, 3.05) is 46.0 Å². The molecule has 102 heavy (non-hydrogen) atoms. The second-order valence-electron chi connectivity index (χ2n) is 24.2. The van der Waals surface area contributed by atoms with Gasteiger partial charge in [-0.25, -0.2) is 24.1 Å². The Hall–Kier alpha value is -7.68. The van der Waals surface area contributed by atoms with Gasteiger partial charge in [0.25, 0.3) is 17.7 Å². The number of amides is 3. The van der Waals surface area contributed by atoms with E-state index in [1.165, 1.54) is 19.3 Å². The fourth-order valence-electron chi connectivity index (χ4n) is 12.4. The van der Waals surface area contributed by atoms with Gasteiger partial charge in [0.1, 0.15) is 17.3 Å². The topological polar surface area (TPSA) is 227 Å². The molecular weight excluding hydrogens is 1500 g/mol. The highest BCUT2D eigenvalue weighted by Crippen LogP contribution is 2.40. The van der Waals surface area contributed by atoms with E-state index in [4.69, 9.17) is 137 Å². The van der Waals surface area contributed by atoms with Crippen LogP contribution < -0.4 is 16.2 Å². The van der Waals surface area contributed by atoms with Crippen molar-refractivity contribution in [2.24, 2.45) is 0 Å². The lowest BCUT2D eigenvalue weighted by Gasteiger charge is -2.26. The van der Waals surface area contributed by atoms with Crippen LogP contribution in [0.3, 0.4) is 0 Å². The maximum atomic E-state index is 13.4. The quantitative estimate of drug-likeness (QED) is 0.0975. The summed E-state index contributed by atoms with van der Waals surface area (Å²) in [6, 6.07) is 30.9. The Bertz CT molecular complexity index is 4850. The smallest absolute Gasteiger partial charge is 0.286 e. The molecule has 15 rings (SSSR count). The monoisotopic (exact) mass is 1550 g/mol. The van der Waals surface area contributed by atoms with Gasteiger partial charge >= 0.3 is 0 Å². The van der Waals surface area contributed by atoms with Gasteiger partial charge in [-0.1, -0.05) is 94.9 Å². The number of pyridine rings is 1. The molecule has 0 aliphatic carbocycles. The van der Waals surface area contributed by atoms with E-state index in [0.717, 1.165) is 85.7 Å². The number of halogens is 9. The van der Waals surface area contributed by atoms with Crippen molar-refractivity contribution in [2.45, 2.75) is 77.7 Å². The molecule has 2 fully saturated rings. The van der Waals surface area contributed by atoms with Crippen molar-refractivity contribution >= 4 is 157 Å². The fourth-order valence-corrected chi connectivity index (χ4v) is 14.3. The summed E-state index contributed by atoms with van der Waals surface area (Å²) in [6.07, 6.45) is 14.9. The minimum Gasteiger partial charge on any atom is -0.445 e. The first kappa shape index (κ1) is 72.7. The number of furan rings is 3. The molecule has 528 valence electrons.